The molecule has 3 rings (SSSR count). The number of rotatable bonds is 7. The predicted octanol–water partition coefficient (Wildman–Crippen LogP) is 1.13. The van der Waals surface area contributed by atoms with Crippen LogP contribution in [0.3, 0.4) is 0 Å². The zero-order valence-electron chi connectivity index (χ0n) is 13.3. The number of nitrogens with zero attached hydrogens (tertiary/aromatic N) is 3. The minimum Gasteiger partial charge on any atom is -0.272 e. The highest BCUT2D eigenvalue weighted by atomic mass is 32.2. The molecule has 0 unspecified atom stereocenters. The molecular formula is C15H19FN4O3S. The first-order valence-corrected chi connectivity index (χ1v) is 9.49. The van der Waals surface area contributed by atoms with E-state index in [1.807, 2.05) is 0 Å². The van der Waals surface area contributed by atoms with E-state index in [9.17, 15) is 17.6 Å². The fourth-order valence-electron chi connectivity index (χ4n) is 2.43. The summed E-state index contributed by atoms with van der Waals surface area (Å²) < 4.78 is 41.3. The van der Waals surface area contributed by atoms with E-state index in [4.69, 9.17) is 0 Å². The van der Waals surface area contributed by atoms with E-state index in [-0.39, 0.29) is 36.4 Å². The van der Waals surface area contributed by atoms with Gasteiger partial charge in [0.2, 0.25) is 10.0 Å². The maximum Gasteiger partial charge on any atom is 0.346 e. The van der Waals surface area contributed by atoms with E-state index < -0.39 is 10.0 Å². The maximum atomic E-state index is 13.1. The van der Waals surface area contributed by atoms with Crippen molar-refractivity contribution in [3.63, 3.8) is 0 Å². The third-order valence-corrected chi connectivity index (χ3v) is 5.31. The molecule has 1 fully saturated rings. The highest BCUT2D eigenvalue weighted by molar-refractivity contribution is 7.89. The molecule has 0 atom stereocenters. The van der Waals surface area contributed by atoms with Crippen molar-refractivity contribution in [1.29, 1.82) is 0 Å². The Morgan fingerprint density at radius 3 is 2.54 bits per heavy atom. The Bertz CT molecular complexity index is 882. The van der Waals surface area contributed by atoms with Crippen LogP contribution in [0.5, 0.6) is 0 Å². The molecule has 9 heteroatoms. The normalized spacial score (nSPS) is 14.9. The van der Waals surface area contributed by atoms with Crippen LogP contribution in [0.1, 0.15) is 25.8 Å². The van der Waals surface area contributed by atoms with Gasteiger partial charge in [-0.15, -0.1) is 5.10 Å². The van der Waals surface area contributed by atoms with Crippen molar-refractivity contribution >= 4 is 10.0 Å². The Kier molecular flexibility index (Phi) is 4.55. The monoisotopic (exact) mass is 354 g/mol. The lowest BCUT2D eigenvalue weighted by Gasteiger charge is -2.03. The molecule has 1 aliphatic rings. The molecule has 24 heavy (non-hydrogen) atoms. The van der Waals surface area contributed by atoms with E-state index in [0.717, 1.165) is 12.8 Å². The van der Waals surface area contributed by atoms with Crippen molar-refractivity contribution in [3.8, 4) is 11.4 Å². The fourth-order valence-corrected chi connectivity index (χ4v) is 3.04. The summed E-state index contributed by atoms with van der Waals surface area (Å²) in [6.45, 7) is 1.79. The molecule has 1 aromatic carbocycles. The first-order chi connectivity index (χ1) is 11.4. The lowest BCUT2D eigenvalue weighted by atomic mass is 10.2. The summed E-state index contributed by atoms with van der Waals surface area (Å²) in [6.07, 6.45) is 1.81. The van der Waals surface area contributed by atoms with Gasteiger partial charge in [-0.25, -0.2) is 27.0 Å². The van der Waals surface area contributed by atoms with Crippen molar-refractivity contribution < 1.29 is 12.8 Å². The van der Waals surface area contributed by atoms with E-state index >= 15 is 0 Å². The van der Waals surface area contributed by atoms with E-state index in [2.05, 4.69) is 9.82 Å². The summed E-state index contributed by atoms with van der Waals surface area (Å²) in [4.78, 5) is 12.5. The second-order valence-corrected chi connectivity index (χ2v) is 7.83. The minimum absolute atomic E-state index is 0.0146. The number of sulfonamides is 1. The Hall–Kier alpha value is -2.00. The van der Waals surface area contributed by atoms with Crippen LogP contribution in [0.4, 0.5) is 4.39 Å². The Morgan fingerprint density at radius 2 is 1.96 bits per heavy atom. The van der Waals surface area contributed by atoms with Crippen molar-refractivity contribution in [1.82, 2.24) is 19.1 Å². The summed E-state index contributed by atoms with van der Waals surface area (Å²) in [5.41, 5.74) is 0.390. The van der Waals surface area contributed by atoms with Crippen LogP contribution >= 0.6 is 0 Å². The summed E-state index contributed by atoms with van der Waals surface area (Å²) in [5.74, 6) is 0.118. The molecule has 0 amide bonds. The van der Waals surface area contributed by atoms with Crippen LogP contribution in [-0.4, -0.2) is 35.1 Å². The number of nitrogens with one attached hydrogen (secondary N) is 1. The molecule has 130 valence electrons. The molecular weight excluding hydrogens is 335 g/mol. The summed E-state index contributed by atoms with van der Waals surface area (Å²) in [6, 6.07) is 5.93. The minimum atomic E-state index is -3.31. The van der Waals surface area contributed by atoms with E-state index in [1.54, 1.807) is 23.6 Å². The molecule has 0 aliphatic heterocycles. The van der Waals surface area contributed by atoms with Crippen molar-refractivity contribution in [3.05, 3.63) is 40.6 Å². The van der Waals surface area contributed by atoms with Crippen LogP contribution < -0.4 is 10.4 Å². The highest BCUT2D eigenvalue weighted by Gasteiger charge is 2.30. The topological polar surface area (TPSA) is 86.0 Å². The molecule has 1 aliphatic carbocycles. The first-order valence-electron chi connectivity index (χ1n) is 7.84. The predicted molar refractivity (Wildman–Crippen MR) is 87.6 cm³/mol. The van der Waals surface area contributed by atoms with Crippen LogP contribution in [0.2, 0.25) is 0 Å². The Labute approximate surface area is 139 Å². The Morgan fingerprint density at radius 1 is 1.29 bits per heavy atom. The molecule has 0 spiro atoms. The van der Waals surface area contributed by atoms with Crippen molar-refractivity contribution in [2.24, 2.45) is 0 Å². The number of aromatic nitrogens is 3. The standard InChI is InChI=1S/C15H19FN4O3S/c1-2-24(22,23)17-9-10-19-15(21)20(13-7-8-13)14(18-19)11-3-5-12(16)6-4-11/h3-6,13,17H,2,7-10H2,1H3. The maximum absolute atomic E-state index is 13.1. The van der Waals surface area contributed by atoms with Gasteiger partial charge in [0.25, 0.3) is 0 Å². The summed E-state index contributed by atoms with van der Waals surface area (Å²) in [7, 11) is -3.31. The zero-order chi connectivity index (χ0) is 17.3. The average Bonchev–Trinajstić information content (AvgIpc) is 3.33. The van der Waals surface area contributed by atoms with Gasteiger partial charge in [-0.3, -0.25) is 4.57 Å². The van der Waals surface area contributed by atoms with Gasteiger partial charge in [0.05, 0.1) is 12.3 Å². The smallest absolute Gasteiger partial charge is 0.272 e. The van der Waals surface area contributed by atoms with Crippen LogP contribution in [0.25, 0.3) is 11.4 Å². The summed E-state index contributed by atoms with van der Waals surface area (Å²) in [5, 5.41) is 4.33. The van der Waals surface area contributed by atoms with Crippen LogP contribution in [0, 0.1) is 5.82 Å². The third-order valence-electron chi connectivity index (χ3n) is 3.91. The van der Waals surface area contributed by atoms with Gasteiger partial charge in [0.1, 0.15) is 5.82 Å². The molecule has 1 N–H and O–H groups in total. The second-order valence-electron chi connectivity index (χ2n) is 5.74. The fraction of sp³-hybridized carbons (Fsp3) is 0.467. The lowest BCUT2D eigenvalue weighted by Crippen LogP contribution is -2.32. The molecule has 7 nitrogen and oxygen atoms in total. The van der Waals surface area contributed by atoms with Gasteiger partial charge in [0.15, 0.2) is 5.82 Å². The molecule has 0 bridgehead atoms. The first kappa shape index (κ1) is 16.8. The van der Waals surface area contributed by atoms with Gasteiger partial charge >= 0.3 is 5.69 Å². The van der Waals surface area contributed by atoms with E-state index in [1.165, 1.54) is 16.8 Å². The number of hydrogen-bond donors (Lipinski definition) is 1. The third kappa shape index (κ3) is 3.57. The van der Waals surface area contributed by atoms with Gasteiger partial charge in [-0.05, 0) is 44.0 Å². The molecule has 0 saturated heterocycles. The highest BCUT2D eigenvalue weighted by Crippen LogP contribution is 2.36. The van der Waals surface area contributed by atoms with Gasteiger partial charge in [0, 0.05) is 18.2 Å². The van der Waals surface area contributed by atoms with Crippen LogP contribution in [-0.2, 0) is 16.6 Å². The Balaban J connectivity index is 1.87. The van der Waals surface area contributed by atoms with Gasteiger partial charge in [-0.2, -0.15) is 0 Å². The zero-order valence-corrected chi connectivity index (χ0v) is 14.1. The van der Waals surface area contributed by atoms with Crippen LogP contribution in [0.15, 0.2) is 29.1 Å². The number of benzene rings is 1. The quantitative estimate of drug-likeness (QED) is 0.807. The average molecular weight is 354 g/mol. The molecule has 0 radical (unpaired) electrons. The largest absolute Gasteiger partial charge is 0.346 e. The van der Waals surface area contributed by atoms with Crippen molar-refractivity contribution in [2.45, 2.75) is 32.4 Å². The van der Waals surface area contributed by atoms with Crippen molar-refractivity contribution in [2.75, 3.05) is 12.3 Å². The second kappa shape index (κ2) is 6.48. The molecule has 1 saturated carbocycles. The number of hydrogen-bond acceptors (Lipinski definition) is 4. The van der Waals surface area contributed by atoms with Gasteiger partial charge in [-0.1, -0.05) is 0 Å². The molecule has 2 aromatic rings. The molecule has 1 aromatic heterocycles. The SMILES string of the molecule is CCS(=O)(=O)NCCn1nc(-c2ccc(F)cc2)n(C2CC2)c1=O. The summed E-state index contributed by atoms with van der Waals surface area (Å²) >= 11 is 0. The lowest BCUT2D eigenvalue weighted by molar-refractivity contribution is 0.547. The van der Waals surface area contributed by atoms with Gasteiger partial charge < -0.3 is 0 Å². The molecule has 1 heterocycles. The number of halogens is 1. The van der Waals surface area contributed by atoms with E-state index in [0.29, 0.717) is 11.4 Å².